The molecule has 0 aliphatic carbocycles. The molecule has 20 heavy (non-hydrogen) atoms. The van der Waals surface area contributed by atoms with Crippen LogP contribution in [0.15, 0.2) is 53.0 Å². The highest BCUT2D eigenvalue weighted by Gasteiger charge is 2.19. The Morgan fingerprint density at radius 3 is 2.40 bits per heavy atom. The van der Waals surface area contributed by atoms with Crippen LogP contribution in [0.4, 0.5) is 0 Å². The maximum atomic E-state index is 10.2. The monoisotopic (exact) mass is 375 g/mol. The van der Waals surface area contributed by atoms with Crippen LogP contribution in [0.5, 0.6) is 0 Å². The van der Waals surface area contributed by atoms with Gasteiger partial charge < -0.3 is 10.8 Å². The summed E-state index contributed by atoms with van der Waals surface area (Å²) in [5, 5.41) is 10.9. The molecule has 0 amide bonds. The molecule has 0 aliphatic rings. The van der Waals surface area contributed by atoms with Crippen molar-refractivity contribution in [1.29, 1.82) is 0 Å². The zero-order valence-electron chi connectivity index (χ0n) is 10.7. The van der Waals surface area contributed by atoms with Gasteiger partial charge in [-0.25, -0.2) is 0 Å². The summed E-state index contributed by atoms with van der Waals surface area (Å²) in [5.74, 6) is 0. The summed E-state index contributed by atoms with van der Waals surface area (Å²) in [7, 11) is 0. The van der Waals surface area contributed by atoms with Gasteiger partial charge in [0.15, 0.2) is 0 Å². The molecule has 2 nitrogen and oxygen atoms in total. The number of aliphatic hydroxyl groups excluding tert-OH is 1. The number of nitrogens with two attached hydrogens (primary N) is 1. The Morgan fingerprint density at radius 2 is 1.80 bits per heavy atom. The van der Waals surface area contributed by atoms with Crippen molar-refractivity contribution in [1.82, 2.24) is 0 Å². The van der Waals surface area contributed by atoms with E-state index in [0.717, 1.165) is 15.6 Å². The summed E-state index contributed by atoms with van der Waals surface area (Å²) < 4.78 is 0.819. The number of hydrogen-bond donors (Lipinski definition) is 2. The molecule has 2 atom stereocenters. The fourth-order valence-electron chi connectivity index (χ4n) is 1.96. The van der Waals surface area contributed by atoms with Crippen molar-refractivity contribution in [3.8, 4) is 0 Å². The van der Waals surface area contributed by atoms with E-state index < -0.39 is 12.1 Å². The van der Waals surface area contributed by atoms with Crippen molar-refractivity contribution in [2.75, 3.05) is 0 Å². The minimum absolute atomic E-state index is 0. The third kappa shape index (κ3) is 4.47. The van der Waals surface area contributed by atoms with Crippen LogP contribution < -0.4 is 5.73 Å². The molecule has 0 saturated heterocycles. The molecule has 0 bridgehead atoms. The molecule has 0 saturated carbocycles. The quantitative estimate of drug-likeness (QED) is 0.842. The first-order valence-electron chi connectivity index (χ1n) is 6.00. The highest BCUT2D eigenvalue weighted by Crippen LogP contribution is 2.28. The van der Waals surface area contributed by atoms with Crippen LogP contribution in [0.25, 0.3) is 0 Å². The second-order valence-electron chi connectivity index (χ2n) is 4.45. The first-order chi connectivity index (χ1) is 9.08. The molecule has 2 rings (SSSR count). The van der Waals surface area contributed by atoms with Gasteiger partial charge in [-0.2, -0.15) is 0 Å². The van der Waals surface area contributed by atoms with Crippen LogP contribution in [-0.4, -0.2) is 11.2 Å². The number of hydrogen-bond acceptors (Lipinski definition) is 2. The Kier molecular flexibility index (Phi) is 7.00. The first-order valence-corrected chi connectivity index (χ1v) is 7.17. The molecule has 0 fully saturated rings. The topological polar surface area (TPSA) is 46.2 Å². The summed E-state index contributed by atoms with van der Waals surface area (Å²) >= 11 is 9.32. The van der Waals surface area contributed by atoms with Crippen LogP contribution in [0, 0.1) is 0 Å². The van der Waals surface area contributed by atoms with Crippen LogP contribution in [0.2, 0.25) is 5.02 Å². The molecular formula is C15H16BrCl2NO. The lowest BCUT2D eigenvalue weighted by atomic mass is 9.97. The lowest BCUT2D eigenvalue weighted by Crippen LogP contribution is -2.28. The van der Waals surface area contributed by atoms with E-state index in [0.29, 0.717) is 11.4 Å². The minimum Gasteiger partial charge on any atom is -0.391 e. The van der Waals surface area contributed by atoms with Gasteiger partial charge in [0.2, 0.25) is 0 Å². The summed E-state index contributed by atoms with van der Waals surface area (Å²) in [4.78, 5) is 0. The van der Waals surface area contributed by atoms with Gasteiger partial charge in [0, 0.05) is 15.9 Å². The maximum absolute atomic E-state index is 10.2. The summed E-state index contributed by atoms with van der Waals surface area (Å²) in [5.41, 5.74) is 8.03. The smallest absolute Gasteiger partial charge is 0.0773 e. The van der Waals surface area contributed by atoms with Gasteiger partial charge in [0.25, 0.3) is 0 Å². The molecule has 5 heteroatoms. The van der Waals surface area contributed by atoms with Gasteiger partial charge in [-0.3, -0.25) is 0 Å². The van der Waals surface area contributed by atoms with Gasteiger partial charge >= 0.3 is 0 Å². The number of aliphatic hydroxyl groups is 1. The average molecular weight is 377 g/mol. The molecule has 0 radical (unpaired) electrons. The van der Waals surface area contributed by atoms with Crippen molar-refractivity contribution >= 4 is 39.9 Å². The summed E-state index contributed by atoms with van der Waals surface area (Å²) in [6.45, 7) is 0. The normalized spacial score (nSPS) is 13.4. The Morgan fingerprint density at radius 1 is 1.15 bits per heavy atom. The van der Waals surface area contributed by atoms with E-state index in [1.54, 1.807) is 12.1 Å². The molecule has 0 aromatic heterocycles. The van der Waals surface area contributed by atoms with E-state index in [4.69, 9.17) is 17.3 Å². The van der Waals surface area contributed by atoms with E-state index in [-0.39, 0.29) is 12.4 Å². The van der Waals surface area contributed by atoms with Crippen LogP contribution in [0.3, 0.4) is 0 Å². The molecule has 0 aliphatic heterocycles. The Bertz CT molecular complexity index is 551. The van der Waals surface area contributed by atoms with Crippen LogP contribution in [0.1, 0.15) is 17.2 Å². The van der Waals surface area contributed by atoms with Crippen LogP contribution >= 0.6 is 39.9 Å². The van der Waals surface area contributed by atoms with Crippen LogP contribution in [-0.2, 0) is 6.42 Å². The van der Waals surface area contributed by atoms with E-state index in [1.807, 2.05) is 36.4 Å². The zero-order chi connectivity index (χ0) is 13.8. The standard InChI is InChI=1S/C15H15BrClNO.ClH/c16-13-9-11(17)6-7-12(13)15(18)14(19)8-10-4-2-1-3-5-10;/h1-7,9,14-15,19H,8,18H2;1H/t14-,15+;/m1./s1. The number of benzene rings is 2. The van der Waals surface area contributed by atoms with Gasteiger partial charge in [0.05, 0.1) is 12.1 Å². The third-order valence-corrected chi connectivity index (χ3v) is 3.95. The predicted molar refractivity (Wildman–Crippen MR) is 89.5 cm³/mol. The fourth-order valence-corrected chi connectivity index (χ4v) is 2.91. The minimum atomic E-state index is -0.639. The van der Waals surface area contributed by atoms with Gasteiger partial charge in [-0.15, -0.1) is 12.4 Å². The van der Waals surface area contributed by atoms with E-state index in [9.17, 15) is 5.11 Å². The highest BCUT2D eigenvalue weighted by atomic mass is 79.9. The summed E-state index contributed by atoms with van der Waals surface area (Å²) in [6, 6.07) is 14.8. The van der Waals surface area contributed by atoms with Crippen molar-refractivity contribution in [3.05, 3.63) is 69.2 Å². The second kappa shape index (κ2) is 8.01. The average Bonchev–Trinajstić information content (AvgIpc) is 2.39. The lowest BCUT2D eigenvalue weighted by Gasteiger charge is -2.20. The van der Waals surface area contributed by atoms with Gasteiger partial charge in [0.1, 0.15) is 0 Å². The van der Waals surface area contributed by atoms with Gasteiger partial charge in [-0.05, 0) is 23.3 Å². The molecule has 0 heterocycles. The lowest BCUT2D eigenvalue weighted by molar-refractivity contribution is 0.145. The van der Waals surface area contributed by atoms with E-state index in [2.05, 4.69) is 15.9 Å². The van der Waals surface area contributed by atoms with Gasteiger partial charge in [-0.1, -0.05) is 63.9 Å². The maximum Gasteiger partial charge on any atom is 0.0773 e. The van der Waals surface area contributed by atoms with E-state index >= 15 is 0 Å². The van der Waals surface area contributed by atoms with Crippen molar-refractivity contribution < 1.29 is 5.11 Å². The van der Waals surface area contributed by atoms with Crippen molar-refractivity contribution in [2.24, 2.45) is 5.73 Å². The largest absolute Gasteiger partial charge is 0.391 e. The first kappa shape index (κ1) is 17.5. The molecule has 3 N–H and O–H groups in total. The molecule has 2 aromatic carbocycles. The molecule has 2 aromatic rings. The molecular weight excluding hydrogens is 361 g/mol. The Labute approximate surface area is 138 Å². The molecule has 0 unspecified atom stereocenters. The SMILES string of the molecule is Cl.N[C@@H](c1ccc(Cl)cc1Br)[C@H](O)Cc1ccccc1. The number of halogens is 3. The highest BCUT2D eigenvalue weighted by molar-refractivity contribution is 9.10. The third-order valence-electron chi connectivity index (χ3n) is 3.02. The fraction of sp³-hybridized carbons (Fsp3) is 0.200. The summed E-state index contributed by atoms with van der Waals surface area (Å²) in [6.07, 6.45) is -0.114. The Balaban J connectivity index is 0.00000200. The molecule has 0 spiro atoms. The van der Waals surface area contributed by atoms with Crippen molar-refractivity contribution in [2.45, 2.75) is 18.6 Å². The second-order valence-corrected chi connectivity index (χ2v) is 5.74. The zero-order valence-corrected chi connectivity index (χ0v) is 13.8. The van der Waals surface area contributed by atoms with Crippen molar-refractivity contribution in [3.63, 3.8) is 0 Å². The predicted octanol–water partition coefficient (Wildman–Crippen LogP) is 4.13. The Hall–Kier alpha value is -0.580. The van der Waals surface area contributed by atoms with E-state index in [1.165, 1.54) is 0 Å². The number of rotatable bonds is 4. The molecule has 108 valence electrons.